The van der Waals surface area contributed by atoms with Gasteiger partial charge in [0.15, 0.2) is 6.29 Å². The number of carbonyl (C=O) groups is 1. The molecule has 0 fully saturated rings. The Morgan fingerprint density at radius 2 is 2.06 bits per heavy atom. The quantitative estimate of drug-likeness (QED) is 0.650. The van der Waals surface area contributed by atoms with Crippen LogP contribution in [0.3, 0.4) is 0 Å². The van der Waals surface area contributed by atoms with E-state index in [0.717, 1.165) is 21.8 Å². The van der Waals surface area contributed by atoms with Gasteiger partial charge in [0, 0.05) is 5.56 Å². The zero-order chi connectivity index (χ0) is 11.8. The second-order valence-electron chi connectivity index (χ2n) is 3.64. The molecule has 0 N–H and O–H groups in total. The zero-order valence-electron chi connectivity index (χ0n) is 9.12. The second kappa shape index (κ2) is 3.78. The molecule has 1 aromatic carbocycles. The number of aldehydes is 1. The minimum absolute atomic E-state index is 0.510. The number of nitrogens with zero attached hydrogens (tertiary/aromatic N) is 3. The summed E-state index contributed by atoms with van der Waals surface area (Å²) >= 11 is 1.48. The fourth-order valence-corrected chi connectivity index (χ4v) is 2.52. The Hall–Kier alpha value is -2.01. The maximum Gasteiger partial charge on any atom is 0.213 e. The highest BCUT2D eigenvalue weighted by molar-refractivity contribution is 7.16. The minimum Gasteiger partial charge on any atom is -0.296 e. The topological polar surface area (TPSA) is 47.3 Å². The molecule has 0 amide bonds. The van der Waals surface area contributed by atoms with Crippen molar-refractivity contribution in [2.75, 3.05) is 0 Å². The summed E-state index contributed by atoms with van der Waals surface area (Å²) in [6.07, 6.45) is 0.807. The lowest BCUT2D eigenvalue weighted by Crippen LogP contribution is -1.93. The number of aryl methyl sites for hydroxylation is 1. The number of benzene rings is 1. The van der Waals surface area contributed by atoms with Crippen molar-refractivity contribution >= 4 is 22.6 Å². The summed E-state index contributed by atoms with van der Waals surface area (Å²) in [4.78, 5) is 16.4. The Bertz CT molecular complexity index is 684. The fraction of sp³-hybridized carbons (Fsp3) is 0.0833. The number of fused-ring (bicyclic) bond motifs is 1. The molecule has 4 nitrogen and oxygen atoms in total. The van der Waals surface area contributed by atoms with Crippen molar-refractivity contribution in [3.05, 3.63) is 41.0 Å². The van der Waals surface area contributed by atoms with Crippen LogP contribution in [-0.4, -0.2) is 20.9 Å². The van der Waals surface area contributed by atoms with Crippen molar-refractivity contribution in [3.8, 4) is 11.3 Å². The average Bonchev–Trinajstić information content (AvgIpc) is 2.85. The van der Waals surface area contributed by atoms with Gasteiger partial charge >= 0.3 is 0 Å². The van der Waals surface area contributed by atoms with Gasteiger partial charge in [-0.05, 0) is 6.92 Å². The molecule has 17 heavy (non-hydrogen) atoms. The summed E-state index contributed by atoms with van der Waals surface area (Å²) in [5.74, 6) is 0. The summed E-state index contributed by atoms with van der Waals surface area (Å²) in [6.45, 7) is 1.90. The van der Waals surface area contributed by atoms with Crippen LogP contribution in [0.1, 0.15) is 15.5 Å². The van der Waals surface area contributed by atoms with Crippen LogP contribution in [0.2, 0.25) is 0 Å². The molecule has 0 bridgehead atoms. The highest BCUT2D eigenvalue weighted by atomic mass is 32.1. The van der Waals surface area contributed by atoms with Crippen LogP contribution in [0, 0.1) is 6.92 Å². The Kier molecular flexibility index (Phi) is 2.26. The smallest absolute Gasteiger partial charge is 0.213 e. The Balaban J connectivity index is 2.30. The van der Waals surface area contributed by atoms with Crippen LogP contribution in [0.25, 0.3) is 16.2 Å². The number of imidazole rings is 1. The highest BCUT2D eigenvalue weighted by Gasteiger charge is 2.15. The van der Waals surface area contributed by atoms with Crippen molar-refractivity contribution in [3.63, 3.8) is 0 Å². The lowest BCUT2D eigenvalue weighted by Gasteiger charge is -1.96. The van der Waals surface area contributed by atoms with Crippen LogP contribution in [0.15, 0.2) is 30.3 Å². The molecule has 0 atom stereocenters. The van der Waals surface area contributed by atoms with Gasteiger partial charge in [0.05, 0.1) is 0 Å². The molecule has 2 aromatic heterocycles. The summed E-state index contributed by atoms with van der Waals surface area (Å²) in [5.41, 5.74) is 2.14. The maximum absolute atomic E-state index is 11.2. The van der Waals surface area contributed by atoms with Crippen molar-refractivity contribution in [2.24, 2.45) is 0 Å². The Morgan fingerprint density at radius 1 is 1.29 bits per heavy atom. The number of carbonyl (C=O) groups excluding carboxylic acids is 1. The SMILES string of the molecule is Cc1nn2c(C=O)c(-c3ccccc3)nc2s1. The number of hydrogen-bond acceptors (Lipinski definition) is 4. The monoisotopic (exact) mass is 243 g/mol. The molecule has 0 saturated heterocycles. The first kappa shape index (κ1) is 10.2. The Morgan fingerprint density at radius 3 is 2.76 bits per heavy atom. The first-order valence-electron chi connectivity index (χ1n) is 5.16. The van der Waals surface area contributed by atoms with Gasteiger partial charge in [0.25, 0.3) is 0 Å². The van der Waals surface area contributed by atoms with Gasteiger partial charge in [-0.15, -0.1) is 0 Å². The molecule has 0 radical (unpaired) electrons. The van der Waals surface area contributed by atoms with Crippen LogP contribution >= 0.6 is 11.3 Å². The molecule has 3 rings (SSSR count). The standard InChI is InChI=1S/C12H9N3OS/c1-8-14-15-10(7-16)11(13-12(15)17-8)9-5-3-2-4-6-9/h2-7H,1H3. The van der Waals surface area contributed by atoms with E-state index < -0.39 is 0 Å². The van der Waals surface area contributed by atoms with Crippen molar-refractivity contribution in [1.29, 1.82) is 0 Å². The van der Waals surface area contributed by atoms with E-state index in [9.17, 15) is 4.79 Å². The van der Waals surface area contributed by atoms with E-state index in [2.05, 4.69) is 10.1 Å². The third kappa shape index (κ3) is 1.55. The third-order valence-corrected chi connectivity index (χ3v) is 3.32. The first-order chi connectivity index (χ1) is 8.29. The molecule has 0 unspecified atom stereocenters. The van der Waals surface area contributed by atoms with Crippen LogP contribution in [0.5, 0.6) is 0 Å². The molecule has 0 aliphatic carbocycles. The lowest BCUT2D eigenvalue weighted by atomic mass is 10.1. The van der Waals surface area contributed by atoms with Crippen molar-refractivity contribution < 1.29 is 4.79 Å². The van der Waals surface area contributed by atoms with Gasteiger partial charge in [0.2, 0.25) is 4.96 Å². The molecule has 5 heteroatoms. The average molecular weight is 243 g/mol. The molecule has 3 aromatic rings. The highest BCUT2D eigenvalue weighted by Crippen LogP contribution is 2.25. The van der Waals surface area contributed by atoms with Gasteiger partial charge in [-0.25, -0.2) is 4.98 Å². The molecule has 0 saturated carbocycles. The van der Waals surface area contributed by atoms with Crippen LogP contribution in [0.4, 0.5) is 0 Å². The van der Waals surface area contributed by atoms with Gasteiger partial charge in [-0.2, -0.15) is 9.61 Å². The first-order valence-corrected chi connectivity index (χ1v) is 5.98. The van der Waals surface area contributed by atoms with Crippen molar-refractivity contribution in [2.45, 2.75) is 6.92 Å². The van der Waals surface area contributed by atoms with E-state index in [-0.39, 0.29) is 0 Å². The molecule has 84 valence electrons. The number of aromatic nitrogens is 3. The Labute approximate surface area is 102 Å². The molecule has 0 aliphatic heterocycles. The third-order valence-electron chi connectivity index (χ3n) is 2.50. The summed E-state index contributed by atoms with van der Waals surface area (Å²) in [6, 6.07) is 9.66. The second-order valence-corrected chi connectivity index (χ2v) is 4.81. The normalized spacial score (nSPS) is 10.9. The predicted molar refractivity (Wildman–Crippen MR) is 66.4 cm³/mol. The largest absolute Gasteiger partial charge is 0.296 e. The van der Waals surface area contributed by atoms with Crippen molar-refractivity contribution in [1.82, 2.24) is 14.6 Å². The van der Waals surface area contributed by atoms with E-state index in [0.29, 0.717) is 11.4 Å². The molecular weight excluding hydrogens is 234 g/mol. The molecule has 0 aliphatic rings. The molecule has 0 spiro atoms. The minimum atomic E-state index is 0.510. The summed E-state index contributed by atoms with van der Waals surface area (Å²) < 4.78 is 1.61. The van der Waals surface area contributed by atoms with Gasteiger partial charge in [-0.3, -0.25) is 4.79 Å². The number of hydrogen-bond donors (Lipinski definition) is 0. The van der Waals surface area contributed by atoms with Gasteiger partial charge in [-0.1, -0.05) is 41.7 Å². The lowest BCUT2D eigenvalue weighted by molar-refractivity contribution is 0.111. The summed E-state index contributed by atoms with van der Waals surface area (Å²) in [5, 5.41) is 5.17. The molecular formula is C12H9N3OS. The van der Waals surface area contributed by atoms with E-state index in [1.54, 1.807) is 4.52 Å². The van der Waals surface area contributed by atoms with E-state index in [1.807, 2.05) is 37.3 Å². The maximum atomic E-state index is 11.2. The van der Waals surface area contributed by atoms with Gasteiger partial charge in [0.1, 0.15) is 16.4 Å². The predicted octanol–water partition coefficient (Wildman–Crippen LogP) is 2.58. The number of rotatable bonds is 2. The van der Waals surface area contributed by atoms with Crippen LogP contribution < -0.4 is 0 Å². The summed E-state index contributed by atoms with van der Waals surface area (Å²) in [7, 11) is 0. The van der Waals surface area contributed by atoms with Crippen LogP contribution in [-0.2, 0) is 0 Å². The van der Waals surface area contributed by atoms with Gasteiger partial charge < -0.3 is 0 Å². The zero-order valence-corrected chi connectivity index (χ0v) is 9.94. The van der Waals surface area contributed by atoms with E-state index in [4.69, 9.17) is 0 Å². The molecule has 2 heterocycles. The van der Waals surface area contributed by atoms with E-state index >= 15 is 0 Å². The van der Waals surface area contributed by atoms with E-state index in [1.165, 1.54) is 11.3 Å². The fourth-order valence-electron chi connectivity index (χ4n) is 1.77.